The average Bonchev–Trinajstić information content (AvgIpc) is 3.18. The summed E-state index contributed by atoms with van der Waals surface area (Å²) in [6.45, 7) is 2.87. The maximum atomic E-state index is 13.7. The zero-order valence-corrected chi connectivity index (χ0v) is 18.4. The van der Waals surface area contributed by atoms with Crippen LogP contribution in [-0.2, 0) is 27.6 Å². The van der Waals surface area contributed by atoms with E-state index in [9.17, 15) is 21.6 Å². The van der Waals surface area contributed by atoms with Crippen molar-refractivity contribution in [3.8, 4) is 0 Å². The molecule has 1 N–H and O–H groups in total. The molecule has 6 nitrogen and oxygen atoms in total. The minimum absolute atomic E-state index is 0.182. The first kappa shape index (κ1) is 23.4. The van der Waals surface area contributed by atoms with Gasteiger partial charge in [-0.15, -0.1) is 0 Å². The highest BCUT2D eigenvalue weighted by molar-refractivity contribution is 7.88. The van der Waals surface area contributed by atoms with E-state index >= 15 is 0 Å². The number of aryl methyl sites for hydroxylation is 1. The largest absolute Gasteiger partial charge is 0.418 e. The molecule has 3 rings (SSSR count). The molecule has 0 radical (unpaired) electrons. The standard InChI is InChI=1S/C21H26F3N3O3S/c1-15-6-4-5-7-16(15)13-27(18-10-11-26(14-18)31(3,28)29)17-8-9-20(25-30-2)19(12-17)21(22,23)24/h4-9,12,18,25H,10-11,13-14H2,1-3H3. The summed E-state index contributed by atoms with van der Waals surface area (Å²) in [4.78, 5) is 6.55. The summed E-state index contributed by atoms with van der Waals surface area (Å²) in [5.41, 5.74) is 3.60. The van der Waals surface area contributed by atoms with Crippen molar-refractivity contribution in [1.29, 1.82) is 0 Å². The molecular weight excluding hydrogens is 431 g/mol. The summed E-state index contributed by atoms with van der Waals surface area (Å²) < 4.78 is 66.4. The fourth-order valence-electron chi connectivity index (χ4n) is 3.81. The topological polar surface area (TPSA) is 61.9 Å². The Morgan fingerprint density at radius 1 is 1.23 bits per heavy atom. The van der Waals surface area contributed by atoms with Crippen molar-refractivity contribution in [2.24, 2.45) is 0 Å². The van der Waals surface area contributed by atoms with Crippen molar-refractivity contribution in [1.82, 2.24) is 4.31 Å². The van der Waals surface area contributed by atoms with E-state index < -0.39 is 21.8 Å². The van der Waals surface area contributed by atoms with Crippen LogP contribution in [0.2, 0.25) is 0 Å². The van der Waals surface area contributed by atoms with E-state index in [2.05, 4.69) is 10.3 Å². The van der Waals surface area contributed by atoms with E-state index in [4.69, 9.17) is 0 Å². The monoisotopic (exact) mass is 457 g/mol. The molecule has 10 heteroatoms. The molecule has 0 amide bonds. The minimum atomic E-state index is -4.58. The molecule has 1 atom stereocenters. The van der Waals surface area contributed by atoms with Crippen LogP contribution < -0.4 is 10.4 Å². The Bertz CT molecular complexity index is 1030. The van der Waals surface area contributed by atoms with Crippen molar-refractivity contribution in [3.63, 3.8) is 0 Å². The molecule has 1 aliphatic rings. The van der Waals surface area contributed by atoms with Crippen molar-refractivity contribution in [2.75, 3.05) is 36.8 Å². The van der Waals surface area contributed by atoms with Gasteiger partial charge in [0.25, 0.3) is 0 Å². The molecule has 0 bridgehead atoms. The molecule has 1 saturated heterocycles. The number of alkyl halides is 3. The number of anilines is 2. The third-order valence-corrected chi connectivity index (χ3v) is 6.76. The molecule has 1 heterocycles. The summed E-state index contributed by atoms with van der Waals surface area (Å²) in [5, 5.41) is 0. The van der Waals surface area contributed by atoms with Gasteiger partial charge in [0.2, 0.25) is 10.0 Å². The van der Waals surface area contributed by atoms with Gasteiger partial charge in [-0.25, -0.2) is 12.7 Å². The van der Waals surface area contributed by atoms with E-state index in [0.29, 0.717) is 25.2 Å². The van der Waals surface area contributed by atoms with Crippen LogP contribution in [0.15, 0.2) is 42.5 Å². The second kappa shape index (κ2) is 9.05. The SMILES string of the molecule is CONc1ccc(N(Cc2ccccc2C)C2CCN(S(C)(=O)=O)C2)cc1C(F)(F)F. The molecule has 1 fully saturated rings. The van der Waals surface area contributed by atoms with E-state index in [1.165, 1.54) is 17.5 Å². The van der Waals surface area contributed by atoms with E-state index in [-0.39, 0.29) is 18.3 Å². The van der Waals surface area contributed by atoms with Crippen molar-refractivity contribution in [3.05, 3.63) is 59.2 Å². The number of hydrogen-bond acceptors (Lipinski definition) is 5. The normalized spacial score (nSPS) is 17.7. The Labute approximate surface area is 180 Å². The first-order valence-electron chi connectivity index (χ1n) is 9.77. The van der Waals surface area contributed by atoms with Gasteiger partial charge >= 0.3 is 6.18 Å². The summed E-state index contributed by atoms with van der Waals surface area (Å²) in [7, 11) is -2.13. The number of benzene rings is 2. The molecule has 0 spiro atoms. The molecule has 1 aliphatic heterocycles. The first-order chi connectivity index (χ1) is 14.5. The van der Waals surface area contributed by atoms with Crippen LogP contribution in [0, 0.1) is 6.92 Å². The van der Waals surface area contributed by atoms with Gasteiger partial charge in [0.1, 0.15) is 0 Å². The van der Waals surface area contributed by atoms with Gasteiger partial charge in [-0.05, 0) is 42.7 Å². The Morgan fingerprint density at radius 3 is 2.52 bits per heavy atom. The lowest BCUT2D eigenvalue weighted by atomic mass is 10.0. The van der Waals surface area contributed by atoms with Crippen LogP contribution in [0.5, 0.6) is 0 Å². The molecule has 2 aromatic rings. The predicted molar refractivity (Wildman–Crippen MR) is 114 cm³/mol. The molecule has 1 unspecified atom stereocenters. The van der Waals surface area contributed by atoms with E-state index in [1.54, 1.807) is 6.07 Å². The first-order valence-corrected chi connectivity index (χ1v) is 11.6. The lowest BCUT2D eigenvalue weighted by Crippen LogP contribution is -2.38. The highest BCUT2D eigenvalue weighted by Gasteiger charge is 2.36. The van der Waals surface area contributed by atoms with E-state index in [0.717, 1.165) is 23.4 Å². The third-order valence-electron chi connectivity index (χ3n) is 5.49. The second-order valence-corrected chi connectivity index (χ2v) is 9.63. The second-order valence-electron chi connectivity index (χ2n) is 7.65. The van der Waals surface area contributed by atoms with Gasteiger partial charge in [0, 0.05) is 31.4 Å². The zero-order valence-electron chi connectivity index (χ0n) is 17.6. The van der Waals surface area contributed by atoms with Crippen LogP contribution >= 0.6 is 0 Å². The van der Waals surface area contributed by atoms with Gasteiger partial charge < -0.3 is 4.90 Å². The minimum Gasteiger partial charge on any atom is -0.363 e. The number of sulfonamides is 1. The number of nitrogens with zero attached hydrogens (tertiary/aromatic N) is 2. The molecule has 170 valence electrons. The molecule has 31 heavy (non-hydrogen) atoms. The van der Waals surface area contributed by atoms with Crippen molar-refractivity contribution in [2.45, 2.75) is 32.1 Å². The number of hydrogen-bond donors (Lipinski definition) is 1. The predicted octanol–water partition coefficient (Wildman–Crippen LogP) is 4.03. The number of halogens is 3. The molecule has 0 aliphatic carbocycles. The van der Waals surface area contributed by atoms with Crippen molar-refractivity contribution < 1.29 is 26.4 Å². The van der Waals surface area contributed by atoms with Crippen LogP contribution in [0.4, 0.5) is 24.5 Å². The molecule has 0 aromatic heterocycles. The van der Waals surface area contributed by atoms with Crippen LogP contribution in [0.3, 0.4) is 0 Å². The van der Waals surface area contributed by atoms with Crippen LogP contribution in [0.1, 0.15) is 23.1 Å². The van der Waals surface area contributed by atoms with Crippen molar-refractivity contribution >= 4 is 21.4 Å². The highest BCUT2D eigenvalue weighted by Crippen LogP contribution is 2.38. The lowest BCUT2D eigenvalue weighted by molar-refractivity contribution is -0.137. The third kappa shape index (κ3) is 5.50. The molecule has 0 saturated carbocycles. The molecular formula is C21H26F3N3O3S. The fourth-order valence-corrected chi connectivity index (χ4v) is 4.69. The van der Waals surface area contributed by atoms with Crippen LogP contribution in [0.25, 0.3) is 0 Å². The van der Waals surface area contributed by atoms with Gasteiger partial charge in [-0.1, -0.05) is 24.3 Å². The van der Waals surface area contributed by atoms with Gasteiger partial charge in [0.15, 0.2) is 0 Å². The number of rotatable bonds is 7. The summed E-state index contributed by atoms with van der Waals surface area (Å²) in [6, 6.07) is 11.4. The maximum Gasteiger partial charge on any atom is 0.418 e. The quantitative estimate of drug-likeness (QED) is 0.637. The average molecular weight is 458 g/mol. The van der Waals surface area contributed by atoms with E-state index in [1.807, 2.05) is 36.1 Å². The van der Waals surface area contributed by atoms with Crippen LogP contribution in [-0.4, -0.2) is 45.2 Å². The lowest BCUT2D eigenvalue weighted by Gasteiger charge is -2.32. The Morgan fingerprint density at radius 2 is 1.94 bits per heavy atom. The molecule has 2 aromatic carbocycles. The Hall–Kier alpha value is -2.30. The summed E-state index contributed by atoms with van der Waals surface area (Å²) >= 11 is 0. The smallest absolute Gasteiger partial charge is 0.363 e. The zero-order chi connectivity index (χ0) is 22.8. The van der Waals surface area contributed by atoms with Gasteiger partial charge in [-0.2, -0.15) is 13.2 Å². The Kier molecular flexibility index (Phi) is 6.82. The maximum absolute atomic E-state index is 13.7. The Balaban J connectivity index is 2.03. The highest BCUT2D eigenvalue weighted by atomic mass is 32.2. The summed E-state index contributed by atoms with van der Waals surface area (Å²) in [6.07, 6.45) is -2.91. The fraction of sp³-hybridized carbons (Fsp3) is 0.429. The number of nitrogens with one attached hydrogen (secondary N) is 1. The summed E-state index contributed by atoms with van der Waals surface area (Å²) in [5.74, 6) is 0. The van der Waals surface area contributed by atoms with Gasteiger partial charge in [-0.3, -0.25) is 10.3 Å². The van der Waals surface area contributed by atoms with Gasteiger partial charge in [0.05, 0.1) is 24.6 Å².